The predicted octanol–water partition coefficient (Wildman–Crippen LogP) is 5.34. The summed E-state index contributed by atoms with van der Waals surface area (Å²) in [4.78, 5) is 4.22. The summed E-state index contributed by atoms with van der Waals surface area (Å²) < 4.78 is 20.7. The smallest absolute Gasteiger partial charge is 0.196 e. The quantitative estimate of drug-likeness (QED) is 0.285. The van der Waals surface area contributed by atoms with Crippen molar-refractivity contribution in [3.8, 4) is 22.8 Å². The molecule has 7 heteroatoms. The van der Waals surface area contributed by atoms with E-state index in [0.29, 0.717) is 12.4 Å². The molecule has 2 aromatic heterocycles. The Morgan fingerprint density at radius 3 is 2.60 bits per heavy atom. The molecule has 0 radical (unpaired) electrons. The molecule has 0 spiro atoms. The average molecular weight is 421 g/mol. The van der Waals surface area contributed by atoms with Gasteiger partial charge >= 0.3 is 0 Å². The van der Waals surface area contributed by atoms with Gasteiger partial charge in [-0.2, -0.15) is 0 Å². The van der Waals surface area contributed by atoms with E-state index in [1.807, 2.05) is 24.3 Å². The van der Waals surface area contributed by atoms with Crippen molar-refractivity contribution in [2.45, 2.75) is 18.5 Å². The van der Waals surface area contributed by atoms with Crippen molar-refractivity contribution in [2.24, 2.45) is 0 Å². The topological polar surface area (TPSA) is 52.8 Å². The molecule has 5 nitrogen and oxygen atoms in total. The Morgan fingerprint density at radius 2 is 1.83 bits per heavy atom. The molecule has 0 N–H and O–H groups in total. The molecule has 30 heavy (non-hydrogen) atoms. The molecular formula is C23H21FN4OS. The van der Waals surface area contributed by atoms with Gasteiger partial charge in [-0.1, -0.05) is 30.0 Å². The number of hydrogen-bond donors (Lipinski definition) is 0. The third kappa shape index (κ3) is 4.68. The van der Waals surface area contributed by atoms with Gasteiger partial charge in [-0.25, -0.2) is 4.39 Å². The number of nitrogens with zero attached hydrogens (tertiary/aromatic N) is 4. The van der Waals surface area contributed by atoms with Gasteiger partial charge in [-0.05, 0) is 61.4 Å². The summed E-state index contributed by atoms with van der Waals surface area (Å²) in [6, 6.07) is 18.1. The number of aromatic nitrogens is 4. The highest BCUT2D eigenvalue weighted by Crippen LogP contribution is 2.29. The molecule has 0 saturated heterocycles. The highest BCUT2D eigenvalue weighted by molar-refractivity contribution is 7.99. The Morgan fingerprint density at radius 1 is 1.00 bits per heavy atom. The number of hydrogen-bond acceptors (Lipinski definition) is 5. The summed E-state index contributed by atoms with van der Waals surface area (Å²) in [6.07, 6.45) is 4.36. The first kappa shape index (κ1) is 20.1. The summed E-state index contributed by atoms with van der Waals surface area (Å²) in [6.45, 7) is 2.62. The number of rotatable bonds is 8. The maximum Gasteiger partial charge on any atom is 0.196 e. The molecule has 2 heterocycles. The van der Waals surface area contributed by atoms with E-state index in [1.165, 1.54) is 12.1 Å². The van der Waals surface area contributed by atoms with Gasteiger partial charge in [0.1, 0.15) is 11.6 Å². The second-order valence-corrected chi connectivity index (χ2v) is 7.74. The first-order valence-corrected chi connectivity index (χ1v) is 10.6. The Bertz CT molecular complexity index is 1100. The van der Waals surface area contributed by atoms with E-state index in [-0.39, 0.29) is 5.82 Å². The van der Waals surface area contributed by atoms with Crippen molar-refractivity contribution in [1.29, 1.82) is 0 Å². The summed E-state index contributed by atoms with van der Waals surface area (Å²) in [5, 5.41) is 9.71. The van der Waals surface area contributed by atoms with Crippen LogP contribution in [-0.2, 0) is 0 Å². The number of para-hydroxylation sites is 1. The van der Waals surface area contributed by atoms with Crippen molar-refractivity contribution in [3.63, 3.8) is 0 Å². The minimum absolute atomic E-state index is 0.266. The lowest BCUT2D eigenvalue weighted by Crippen LogP contribution is -2.03. The largest absolute Gasteiger partial charge is 0.494 e. The lowest BCUT2D eigenvalue weighted by Gasteiger charge is -2.12. The van der Waals surface area contributed by atoms with Crippen LogP contribution in [0.1, 0.15) is 12.0 Å². The Balaban J connectivity index is 1.48. The third-order valence-electron chi connectivity index (χ3n) is 4.51. The SMILES string of the molecule is Cc1ccccc1-n1c(SCCCOc2ccc(F)cc2)nnc1-c1cccnc1. The second kappa shape index (κ2) is 9.54. The number of ether oxygens (including phenoxy) is 1. The standard InChI is InChI=1S/C23H21FN4OS/c1-17-6-2-3-8-21(17)28-22(18-7-4-13-25-16-18)26-27-23(28)30-15-5-14-29-20-11-9-19(24)10-12-20/h2-4,6-13,16H,5,14-15H2,1H3. The van der Waals surface area contributed by atoms with E-state index in [2.05, 4.69) is 38.8 Å². The van der Waals surface area contributed by atoms with E-state index in [4.69, 9.17) is 4.74 Å². The van der Waals surface area contributed by atoms with Crippen molar-refractivity contribution < 1.29 is 9.13 Å². The fraction of sp³-hybridized carbons (Fsp3) is 0.174. The van der Waals surface area contributed by atoms with E-state index in [1.54, 1.807) is 36.3 Å². The van der Waals surface area contributed by atoms with Crippen molar-refractivity contribution >= 4 is 11.8 Å². The summed E-state index contributed by atoms with van der Waals surface area (Å²) in [5.41, 5.74) is 3.11. The van der Waals surface area contributed by atoms with Gasteiger partial charge in [0.25, 0.3) is 0 Å². The predicted molar refractivity (Wildman–Crippen MR) is 117 cm³/mol. The first-order chi connectivity index (χ1) is 14.7. The molecule has 152 valence electrons. The highest BCUT2D eigenvalue weighted by atomic mass is 32.2. The Hall–Kier alpha value is -3.19. The van der Waals surface area contributed by atoms with Crippen LogP contribution < -0.4 is 4.74 Å². The maximum atomic E-state index is 13.0. The molecule has 0 saturated carbocycles. The monoisotopic (exact) mass is 420 g/mol. The molecule has 0 fully saturated rings. The lowest BCUT2D eigenvalue weighted by atomic mass is 10.2. The normalized spacial score (nSPS) is 10.9. The summed E-state index contributed by atoms with van der Waals surface area (Å²) >= 11 is 1.63. The van der Waals surface area contributed by atoms with Crippen molar-refractivity contribution in [1.82, 2.24) is 19.7 Å². The lowest BCUT2D eigenvalue weighted by molar-refractivity contribution is 0.318. The first-order valence-electron chi connectivity index (χ1n) is 9.65. The average Bonchev–Trinajstić information content (AvgIpc) is 3.19. The minimum Gasteiger partial charge on any atom is -0.494 e. The maximum absolute atomic E-state index is 13.0. The zero-order chi connectivity index (χ0) is 20.8. The molecule has 0 bridgehead atoms. The number of aryl methyl sites for hydroxylation is 1. The molecule has 2 aromatic carbocycles. The third-order valence-corrected chi connectivity index (χ3v) is 5.53. The van der Waals surface area contributed by atoms with Gasteiger partial charge in [0.15, 0.2) is 11.0 Å². The van der Waals surface area contributed by atoms with Crippen LogP contribution in [-0.4, -0.2) is 32.1 Å². The van der Waals surface area contributed by atoms with Crippen LogP contribution in [0.15, 0.2) is 78.2 Å². The summed E-state index contributed by atoms with van der Waals surface area (Å²) in [5.74, 6) is 1.99. The molecule has 0 aliphatic rings. The fourth-order valence-corrected chi connectivity index (χ4v) is 3.88. The van der Waals surface area contributed by atoms with Crippen LogP contribution in [0.3, 0.4) is 0 Å². The van der Waals surface area contributed by atoms with E-state index >= 15 is 0 Å². The van der Waals surface area contributed by atoms with Gasteiger partial charge in [0, 0.05) is 23.7 Å². The van der Waals surface area contributed by atoms with Gasteiger partial charge in [0.05, 0.1) is 12.3 Å². The van der Waals surface area contributed by atoms with Gasteiger partial charge in [0.2, 0.25) is 0 Å². The van der Waals surface area contributed by atoms with Crippen molar-refractivity contribution in [2.75, 3.05) is 12.4 Å². The molecule has 0 unspecified atom stereocenters. The molecule has 0 amide bonds. The zero-order valence-electron chi connectivity index (χ0n) is 16.5. The van der Waals surface area contributed by atoms with Crippen LogP contribution in [0, 0.1) is 12.7 Å². The van der Waals surface area contributed by atoms with Crippen LogP contribution in [0.2, 0.25) is 0 Å². The highest BCUT2D eigenvalue weighted by Gasteiger charge is 2.17. The van der Waals surface area contributed by atoms with Gasteiger partial charge in [-0.3, -0.25) is 9.55 Å². The molecule has 0 aliphatic carbocycles. The molecule has 0 atom stereocenters. The molecule has 0 aliphatic heterocycles. The van der Waals surface area contributed by atoms with Gasteiger partial charge < -0.3 is 4.74 Å². The number of pyridine rings is 1. The van der Waals surface area contributed by atoms with Gasteiger partial charge in [-0.15, -0.1) is 10.2 Å². The second-order valence-electron chi connectivity index (χ2n) is 6.67. The van der Waals surface area contributed by atoms with Crippen LogP contribution >= 0.6 is 11.8 Å². The number of thioether (sulfide) groups is 1. The molecular weight excluding hydrogens is 399 g/mol. The van der Waals surface area contributed by atoms with Crippen LogP contribution in [0.4, 0.5) is 4.39 Å². The Labute approximate surface area is 179 Å². The van der Waals surface area contributed by atoms with E-state index in [9.17, 15) is 4.39 Å². The molecule has 4 aromatic rings. The van der Waals surface area contributed by atoms with Crippen molar-refractivity contribution in [3.05, 3.63) is 84.4 Å². The van der Waals surface area contributed by atoms with E-state index < -0.39 is 0 Å². The van der Waals surface area contributed by atoms with E-state index in [0.717, 1.165) is 40.0 Å². The zero-order valence-corrected chi connectivity index (χ0v) is 17.3. The number of halogens is 1. The number of benzene rings is 2. The fourth-order valence-electron chi connectivity index (χ4n) is 3.02. The Kier molecular flexibility index (Phi) is 6.39. The summed E-state index contributed by atoms with van der Waals surface area (Å²) in [7, 11) is 0. The molecule has 4 rings (SSSR count). The minimum atomic E-state index is -0.266. The van der Waals surface area contributed by atoms with Crippen LogP contribution in [0.25, 0.3) is 17.1 Å². The van der Waals surface area contributed by atoms with Crippen LogP contribution in [0.5, 0.6) is 5.75 Å².